The van der Waals surface area contributed by atoms with Gasteiger partial charge in [0.05, 0.1) is 0 Å². The van der Waals surface area contributed by atoms with E-state index in [9.17, 15) is 0 Å². The molecule has 1 atom stereocenters. The topological polar surface area (TPSA) is 12.0 Å². The molecule has 1 nitrogen and oxygen atoms in total. The summed E-state index contributed by atoms with van der Waals surface area (Å²) in [6.07, 6.45) is 4.11. The molecule has 0 aliphatic heterocycles. The first-order valence-corrected chi connectivity index (χ1v) is 5.66. The minimum atomic E-state index is 0.522. The van der Waals surface area contributed by atoms with Crippen LogP contribution in [0, 0.1) is 6.92 Å². The summed E-state index contributed by atoms with van der Waals surface area (Å²) in [5, 5.41) is 3.49. The number of hydrogen-bond acceptors (Lipinski definition) is 1. The van der Waals surface area contributed by atoms with Gasteiger partial charge in [-0.1, -0.05) is 37.3 Å². The molecule has 0 aromatic heterocycles. The van der Waals surface area contributed by atoms with Crippen molar-refractivity contribution in [3.8, 4) is 0 Å². The highest BCUT2D eigenvalue weighted by Gasteiger charge is 2.07. The number of rotatable bonds is 6. The lowest BCUT2D eigenvalue weighted by Crippen LogP contribution is -2.30. The van der Waals surface area contributed by atoms with Crippen LogP contribution in [-0.2, 0) is 6.42 Å². The SMILES string of the molecule is C=CCC(Cc1ccccc1C)NCC. The Balaban J connectivity index is 2.64. The third kappa shape index (κ3) is 3.88. The average Bonchev–Trinajstić information content (AvgIpc) is 2.22. The highest BCUT2D eigenvalue weighted by molar-refractivity contribution is 5.26. The van der Waals surface area contributed by atoms with Crippen LogP contribution in [0.25, 0.3) is 0 Å². The van der Waals surface area contributed by atoms with Crippen molar-refractivity contribution in [2.75, 3.05) is 6.54 Å². The van der Waals surface area contributed by atoms with Crippen LogP contribution in [0.4, 0.5) is 0 Å². The zero-order valence-corrected chi connectivity index (χ0v) is 9.79. The fraction of sp³-hybridized carbons (Fsp3) is 0.429. The van der Waals surface area contributed by atoms with Gasteiger partial charge in [-0.05, 0) is 37.4 Å². The maximum absolute atomic E-state index is 3.81. The molecule has 0 radical (unpaired) electrons. The van der Waals surface area contributed by atoms with Crippen LogP contribution in [0.3, 0.4) is 0 Å². The van der Waals surface area contributed by atoms with Gasteiger partial charge < -0.3 is 5.32 Å². The molecule has 1 aromatic carbocycles. The van der Waals surface area contributed by atoms with Crippen molar-refractivity contribution in [3.63, 3.8) is 0 Å². The average molecular weight is 203 g/mol. The van der Waals surface area contributed by atoms with E-state index in [1.807, 2.05) is 6.08 Å². The molecule has 0 amide bonds. The summed E-state index contributed by atoms with van der Waals surface area (Å²) in [4.78, 5) is 0. The van der Waals surface area contributed by atoms with Gasteiger partial charge in [0.25, 0.3) is 0 Å². The molecule has 1 N–H and O–H groups in total. The molecular formula is C14H21N. The molecule has 0 bridgehead atoms. The Bertz CT molecular complexity index is 304. The molecule has 0 saturated heterocycles. The second-order valence-corrected chi connectivity index (χ2v) is 3.91. The summed E-state index contributed by atoms with van der Waals surface area (Å²) in [5.41, 5.74) is 2.81. The Labute approximate surface area is 93.2 Å². The van der Waals surface area contributed by atoms with Gasteiger partial charge >= 0.3 is 0 Å². The van der Waals surface area contributed by atoms with Crippen LogP contribution in [0.15, 0.2) is 36.9 Å². The molecule has 82 valence electrons. The van der Waals surface area contributed by atoms with Crippen LogP contribution in [0.1, 0.15) is 24.5 Å². The first kappa shape index (κ1) is 12.0. The molecule has 1 heteroatoms. The fourth-order valence-electron chi connectivity index (χ4n) is 1.83. The standard InChI is InChI=1S/C14H21N/c1-4-8-14(15-5-2)11-13-10-7-6-9-12(13)3/h4,6-7,9-10,14-15H,1,5,8,11H2,2-3H3. The number of benzene rings is 1. The molecule has 0 fully saturated rings. The number of nitrogens with one attached hydrogen (secondary N) is 1. The van der Waals surface area contributed by atoms with Crippen molar-refractivity contribution in [2.24, 2.45) is 0 Å². The van der Waals surface area contributed by atoms with E-state index < -0.39 is 0 Å². The van der Waals surface area contributed by atoms with Gasteiger partial charge in [-0.15, -0.1) is 6.58 Å². The van der Waals surface area contributed by atoms with Gasteiger partial charge in [0, 0.05) is 6.04 Å². The van der Waals surface area contributed by atoms with E-state index in [0.29, 0.717) is 6.04 Å². The molecule has 1 rings (SSSR count). The third-order valence-electron chi connectivity index (χ3n) is 2.67. The van der Waals surface area contributed by atoms with Gasteiger partial charge in [0.15, 0.2) is 0 Å². The summed E-state index contributed by atoms with van der Waals surface area (Å²) in [6, 6.07) is 9.11. The van der Waals surface area contributed by atoms with Gasteiger partial charge in [0.2, 0.25) is 0 Å². The molecule has 1 unspecified atom stereocenters. The Morgan fingerprint density at radius 3 is 2.73 bits per heavy atom. The molecule has 1 aromatic rings. The Morgan fingerprint density at radius 1 is 1.40 bits per heavy atom. The second-order valence-electron chi connectivity index (χ2n) is 3.91. The molecule has 0 saturated carbocycles. The van der Waals surface area contributed by atoms with Crippen molar-refractivity contribution in [1.29, 1.82) is 0 Å². The molecule has 0 spiro atoms. The first-order valence-electron chi connectivity index (χ1n) is 5.66. The van der Waals surface area contributed by atoms with Crippen molar-refractivity contribution in [3.05, 3.63) is 48.0 Å². The number of hydrogen-bond donors (Lipinski definition) is 1. The monoisotopic (exact) mass is 203 g/mol. The van der Waals surface area contributed by atoms with Crippen LogP contribution in [0.2, 0.25) is 0 Å². The van der Waals surface area contributed by atoms with Crippen LogP contribution in [0.5, 0.6) is 0 Å². The second kappa shape index (κ2) is 6.41. The fourth-order valence-corrected chi connectivity index (χ4v) is 1.83. The molecule has 0 aliphatic carbocycles. The normalized spacial score (nSPS) is 12.4. The third-order valence-corrected chi connectivity index (χ3v) is 2.67. The van der Waals surface area contributed by atoms with E-state index in [0.717, 1.165) is 19.4 Å². The van der Waals surface area contributed by atoms with E-state index in [2.05, 4.69) is 50.0 Å². The lowest BCUT2D eigenvalue weighted by atomic mass is 9.99. The van der Waals surface area contributed by atoms with Gasteiger partial charge in [0.1, 0.15) is 0 Å². The predicted octanol–water partition coefficient (Wildman–Crippen LogP) is 3.09. The van der Waals surface area contributed by atoms with Gasteiger partial charge in [-0.2, -0.15) is 0 Å². The maximum Gasteiger partial charge on any atom is 0.0142 e. The highest BCUT2D eigenvalue weighted by Crippen LogP contribution is 2.11. The van der Waals surface area contributed by atoms with Crippen molar-refractivity contribution in [2.45, 2.75) is 32.7 Å². The minimum Gasteiger partial charge on any atom is -0.314 e. The van der Waals surface area contributed by atoms with Crippen molar-refractivity contribution in [1.82, 2.24) is 5.32 Å². The van der Waals surface area contributed by atoms with E-state index in [1.165, 1.54) is 11.1 Å². The first-order chi connectivity index (χ1) is 7.27. The van der Waals surface area contributed by atoms with Gasteiger partial charge in [-0.25, -0.2) is 0 Å². The zero-order valence-electron chi connectivity index (χ0n) is 9.79. The summed E-state index contributed by atoms with van der Waals surface area (Å²) in [7, 11) is 0. The van der Waals surface area contributed by atoms with Gasteiger partial charge in [-0.3, -0.25) is 0 Å². The Hall–Kier alpha value is -1.08. The summed E-state index contributed by atoms with van der Waals surface area (Å²) < 4.78 is 0. The lowest BCUT2D eigenvalue weighted by Gasteiger charge is -2.17. The number of aryl methyl sites for hydroxylation is 1. The van der Waals surface area contributed by atoms with Crippen LogP contribution >= 0.6 is 0 Å². The number of likely N-dealkylation sites (N-methyl/N-ethyl adjacent to an activating group) is 1. The molecular weight excluding hydrogens is 182 g/mol. The van der Waals surface area contributed by atoms with E-state index >= 15 is 0 Å². The predicted molar refractivity (Wildman–Crippen MR) is 67.2 cm³/mol. The van der Waals surface area contributed by atoms with E-state index in [1.54, 1.807) is 0 Å². The Morgan fingerprint density at radius 2 is 2.13 bits per heavy atom. The smallest absolute Gasteiger partial charge is 0.0142 e. The maximum atomic E-state index is 3.81. The molecule has 15 heavy (non-hydrogen) atoms. The lowest BCUT2D eigenvalue weighted by molar-refractivity contribution is 0.529. The Kier molecular flexibility index (Phi) is 5.13. The largest absolute Gasteiger partial charge is 0.314 e. The van der Waals surface area contributed by atoms with Crippen molar-refractivity contribution >= 4 is 0 Å². The van der Waals surface area contributed by atoms with E-state index in [4.69, 9.17) is 0 Å². The zero-order chi connectivity index (χ0) is 11.1. The molecule has 0 heterocycles. The summed E-state index contributed by atoms with van der Waals surface area (Å²) >= 11 is 0. The van der Waals surface area contributed by atoms with Crippen molar-refractivity contribution < 1.29 is 0 Å². The quantitative estimate of drug-likeness (QED) is 0.701. The summed E-state index contributed by atoms with van der Waals surface area (Å²) in [6.45, 7) is 9.14. The van der Waals surface area contributed by atoms with E-state index in [-0.39, 0.29) is 0 Å². The van der Waals surface area contributed by atoms with Crippen LogP contribution < -0.4 is 5.32 Å². The van der Waals surface area contributed by atoms with Crippen LogP contribution in [-0.4, -0.2) is 12.6 Å². The summed E-state index contributed by atoms with van der Waals surface area (Å²) in [5.74, 6) is 0. The molecule has 0 aliphatic rings. The highest BCUT2D eigenvalue weighted by atomic mass is 14.9. The minimum absolute atomic E-state index is 0.522.